The molecule has 0 aliphatic carbocycles. The molecule has 100 valence electrons. The molecular formula is C16H18ClNO. The van der Waals surface area contributed by atoms with Gasteiger partial charge in [-0.2, -0.15) is 0 Å². The molecule has 0 heterocycles. The lowest BCUT2D eigenvalue weighted by Crippen LogP contribution is -2.37. The van der Waals surface area contributed by atoms with Gasteiger partial charge in [0.1, 0.15) is 0 Å². The fourth-order valence-electron chi connectivity index (χ4n) is 1.92. The van der Waals surface area contributed by atoms with Crippen LogP contribution in [0.1, 0.15) is 19.4 Å². The number of carbonyl (C=O) groups is 1. The van der Waals surface area contributed by atoms with Gasteiger partial charge in [0.25, 0.3) is 0 Å². The number of rotatable bonds is 4. The van der Waals surface area contributed by atoms with Crippen LogP contribution in [0.25, 0.3) is 10.8 Å². The molecule has 2 nitrogen and oxygen atoms in total. The molecule has 0 atom stereocenters. The molecule has 2 aromatic rings. The molecule has 0 radical (unpaired) electrons. The maximum absolute atomic E-state index is 12.0. The summed E-state index contributed by atoms with van der Waals surface area (Å²) in [6.45, 7) is 4.22. The Morgan fingerprint density at radius 2 is 1.84 bits per heavy atom. The van der Waals surface area contributed by atoms with Crippen molar-refractivity contribution >= 4 is 28.3 Å². The van der Waals surface area contributed by atoms with Gasteiger partial charge in [-0.25, -0.2) is 0 Å². The monoisotopic (exact) mass is 275 g/mol. The molecule has 2 rings (SSSR count). The lowest BCUT2D eigenvalue weighted by molar-refractivity contribution is -0.128. The van der Waals surface area contributed by atoms with Crippen LogP contribution in [0.5, 0.6) is 0 Å². The fourth-order valence-corrected chi connectivity index (χ4v) is 2.04. The molecule has 0 aromatic heterocycles. The third-order valence-electron chi connectivity index (χ3n) is 3.27. The van der Waals surface area contributed by atoms with Crippen LogP contribution >= 0.6 is 11.6 Å². The van der Waals surface area contributed by atoms with E-state index < -0.39 is 5.41 Å². The first-order valence-electron chi connectivity index (χ1n) is 6.35. The number of carbonyl (C=O) groups excluding carboxylic acids is 1. The van der Waals surface area contributed by atoms with Gasteiger partial charge in [0.2, 0.25) is 5.91 Å². The van der Waals surface area contributed by atoms with Crippen LogP contribution in [-0.4, -0.2) is 11.8 Å². The first kappa shape index (κ1) is 13.9. The highest BCUT2D eigenvalue weighted by Gasteiger charge is 2.25. The molecule has 0 spiro atoms. The van der Waals surface area contributed by atoms with Crippen LogP contribution < -0.4 is 5.32 Å². The minimum atomic E-state index is -0.536. The standard InChI is InChI=1S/C16H18ClNO/c1-16(2,11-17)15(19)18-10-13-8-5-7-12-6-3-4-9-14(12)13/h3-9H,10-11H2,1-2H3,(H,18,19). The molecular weight excluding hydrogens is 258 g/mol. The largest absolute Gasteiger partial charge is 0.352 e. The summed E-state index contributed by atoms with van der Waals surface area (Å²) in [5.41, 5.74) is 0.586. The molecule has 0 saturated carbocycles. The van der Waals surface area contributed by atoms with E-state index in [-0.39, 0.29) is 5.91 Å². The summed E-state index contributed by atoms with van der Waals surface area (Å²) < 4.78 is 0. The predicted molar refractivity (Wildman–Crippen MR) is 80.3 cm³/mol. The smallest absolute Gasteiger partial charge is 0.227 e. The van der Waals surface area contributed by atoms with Crippen molar-refractivity contribution in [3.63, 3.8) is 0 Å². The van der Waals surface area contributed by atoms with Crippen molar-refractivity contribution in [1.82, 2.24) is 5.32 Å². The summed E-state index contributed by atoms with van der Waals surface area (Å²) in [6.07, 6.45) is 0. The van der Waals surface area contributed by atoms with E-state index in [1.807, 2.05) is 38.1 Å². The first-order valence-corrected chi connectivity index (χ1v) is 6.89. The number of benzene rings is 2. The van der Waals surface area contributed by atoms with Crippen LogP contribution in [0.4, 0.5) is 0 Å². The summed E-state index contributed by atoms with van der Waals surface area (Å²) in [4.78, 5) is 12.0. The highest BCUT2D eigenvalue weighted by atomic mass is 35.5. The van der Waals surface area contributed by atoms with E-state index in [1.165, 1.54) is 10.8 Å². The van der Waals surface area contributed by atoms with E-state index in [2.05, 4.69) is 23.5 Å². The Balaban J connectivity index is 2.17. The highest BCUT2D eigenvalue weighted by molar-refractivity contribution is 6.19. The van der Waals surface area contributed by atoms with E-state index in [9.17, 15) is 4.79 Å². The Morgan fingerprint density at radius 1 is 1.16 bits per heavy atom. The summed E-state index contributed by atoms with van der Waals surface area (Å²) in [7, 11) is 0. The Hall–Kier alpha value is -1.54. The van der Waals surface area contributed by atoms with Crippen molar-refractivity contribution in [3.05, 3.63) is 48.0 Å². The minimum absolute atomic E-state index is 0.0181. The average molecular weight is 276 g/mol. The topological polar surface area (TPSA) is 29.1 Å². The van der Waals surface area contributed by atoms with Gasteiger partial charge in [-0.1, -0.05) is 42.5 Å². The maximum atomic E-state index is 12.0. The first-order chi connectivity index (χ1) is 9.04. The summed E-state index contributed by atoms with van der Waals surface area (Å²) in [5.74, 6) is 0.296. The number of hydrogen-bond donors (Lipinski definition) is 1. The number of hydrogen-bond acceptors (Lipinski definition) is 1. The highest BCUT2D eigenvalue weighted by Crippen LogP contribution is 2.20. The van der Waals surface area contributed by atoms with Crippen molar-refractivity contribution in [3.8, 4) is 0 Å². The van der Waals surface area contributed by atoms with Crippen molar-refractivity contribution in [2.45, 2.75) is 20.4 Å². The number of alkyl halides is 1. The van der Waals surface area contributed by atoms with Crippen molar-refractivity contribution in [1.29, 1.82) is 0 Å². The fraction of sp³-hybridized carbons (Fsp3) is 0.312. The number of amides is 1. The second-order valence-electron chi connectivity index (χ2n) is 5.34. The van der Waals surface area contributed by atoms with Gasteiger partial charge in [0, 0.05) is 12.4 Å². The van der Waals surface area contributed by atoms with Crippen LogP contribution in [0.2, 0.25) is 0 Å². The molecule has 0 aliphatic heterocycles. The van der Waals surface area contributed by atoms with Gasteiger partial charge >= 0.3 is 0 Å². The molecule has 3 heteroatoms. The number of fused-ring (bicyclic) bond motifs is 1. The van der Waals surface area contributed by atoms with Gasteiger partial charge in [0.15, 0.2) is 0 Å². The molecule has 0 aliphatic rings. The van der Waals surface area contributed by atoms with Crippen molar-refractivity contribution < 1.29 is 4.79 Å². The molecule has 1 amide bonds. The molecule has 0 fully saturated rings. The Morgan fingerprint density at radius 3 is 2.58 bits per heavy atom. The zero-order valence-electron chi connectivity index (χ0n) is 11.2. The Bertz CT molecular complexity index is 587. The van der Waals surface area contributed by atoms with E-state index in [1.54, 1.807) is 0 Å². The molecule has 2 aromatic carbocycles. The van der Waals surface area contributed by atoms with Crippen molar-refractivity contribution in [2.24, 2.45) is 5.41 Å². The predicted octanol–water partition coefficient (Wildman–Crippen LogP) is 3.72. The van der Waals surface area contributed by atoms with Gasteiger partial charge < -0.3 is 5.32 Å². The number of halogens is 1. The van der Waals surface area contributed by atoms with Crippen molar-refractivity contribution in [2.75, 3.05) is 5.88 Å². The van der Waals surface area contributed by atoms with Gasteiger partial charge in [-0.15, -0.1) is 11.6 Å². The van der Waals surface area contributed by atoms with Crippen LogP contribution in [0.15, 0.2) is 42.5 Å². The summed E-state index contributed by atoms with van der Waals surface area (Å²) >= 11 is 5.80. The molecule has 0 bridgehead atoms. The number of nitrogens with one attached hydrogen (secondary N) is 1. The zero-order valence-corrected chi connectivity index (χ0v) is 12.0. The van der Waals surface area contributed by atoms with Gasteiger partial charge in [-0.3, -0.25) is 4.79 Å². The third-order valence-corrected chi connectivity index (χ3v) is 3.94. The van der Waals surface area contributed by atoms with Gasteiger partial charge in [-0.05, 0) is 30.2 Å². The van der Waals surface area contributed by atoms with E-state index in [0.717, 1.165) is 5.56 Å². The summed E-state index contributed by atoms with van der Waals surface area (Å²) in [5, 5.41) is 5.32. The van der Waals surface area contributed by atoms with Crippen LogP contribution in [0, 0.1) is 5.41 Å². The van der Waals surface area contributed by atoms with Gasteiger partial charge in [0.05, 0.1) is 5.41 Å². The molecule has 0 saturated heterocycles. The van der Waals surface area contributed by atoms with Crippen LogP contribution in [0.3, 0.4) is 0 Å². The van der Waals surface area contributed by atoms with Crippen LogP contribution in [-0.2, 0) is 11.3 Å². The maximum Gasteiger partial charge on any atom is 0.227 e. The summed E-state index contributed by atoms with van der Waals surface area (Å²) in [6, 6.07) is 14.3. The normalized spacial score (nSPS) is 11.5. The van der Waals surface area contributed by atoms with E-state index >= 15 is 0 Å². The van der Waals surface area contributed by atoms with E-state index in [0.29, 0.717) is 12.4 Å². The third kappa shape index (κ3) is 3.07. The lowest BCUT2D eigenvalue weighted by Gasteiger charge is -2.20. The molecule has 0 unspecified atom stereocenters. The molecule has 1 N–H and O–H groups in total. The lowest BCUT2D eigenvalue weighted by atomic mass is 9.95. The Kier molecular flexibility index (Phi) is 4.11. The second kappa shape index (κ2) is 5.62. The zero-order chi connectivity index (χ0) is 13.9. The van der Waals surface area contributed by atoms with E-state index in [4.69, 9.17) is 11.6 Å². The average Bonchev–Trinajstić information content (AvgIpc) is 2.44. The second-order valence-corrected chi connectivity index (χ2v) is 5.61. The Labute approximate surface area is 118 Å². The minimum Gasteiger partial charge on any atom is -0.352 e. The quantitative estimate of drug-likeness (QED) is 0.847. The molecule has 19 heavy (non-hydrogen) atoms. The SMILES string of the molecule is CC(C)(CCl)C(=O)NCc1cccc2ccccc12.